The molecule has 23 heavy (non-hydrogen) atoms. The Morgan fingerprint density at radius 1 is 1.30 bits per heavy atom. The minimum atomic E-state index is 0. The van der Waals surface area contributed by atoms with Crippen LogP contribution in [0.5, 0.6) is 0 Å². The molecule has 7 nitrogen and oxygen atoms in total. The van der Waals surface area contributed by atoms with Crippen molar-refractivity contribution in [3.63, 3.8) is 0 Å². The zero-order valence-corrected chi connectivity index (χ0v) is 16.5. The van der Waals surface area contributed by atoms with Gasteiger partial charge in [0.1, 0.15) is 0 Å². The van der Waals surface area contributed by atoms with Crippen molar-refractivity contribution < 1.29 is 0 Å². The largest absolute Gasteiger partial charge is 0.356 e. The Balaban J connectivity index is 0.00000264. The van der Waals surface area contributed by atoms with Gasteiger partial charge in [0.05, 0.1) is 12.0 Å². The highest BCUT2D eigenvalue weighted by atomic mass is 127. The lowest BCUT2D eigenvalue weighted by atomic mass is 10.2. The number of aryl methyl sites for hydroxylation is 3. The molecule has 2 N–H and O–H groups in total. The summed E-state index contributed by atoms with van der Waals surface area (Å²) in [5, 5.41) is 11.1. The molecule has 0 spiro atoms. The van der Waals surface area contributed by atoms with E-state index in [1.165, 1.54) is 11.3 Å². The van der Waals surface area contributed by atoms with Gasteiger partial charge in [0.2, 0.25) is 0 Å². The second-order valence-electron chi connectivity index (χ2n) is 5.28. The van der Waals surface area contributed by atoms with Gasteiger partial charge in [-0.1, -0.05) is 0 Å². The van der Waals surface area contributed by atoms with E-state index in [1.54, 1.807) is 13.2 Å². The van der Waals surface area contributed by atoms with Crippen molar-refractivity contribution in [2.75, 3.05) is 13.6 Å². The predicted octanol–water partition coefficient (Wildman–Crippen LogP) is 1.61. The number of rotatable bonds is 6. The average molecular weight is 431 g/mol. The van der Waals surface area contributed by atoms with Crippen molar-refractivity contribution in [1.29, 1.82) is 0 Å². The first-order valence-electron chi connectivity index (χ1n) is 7.51. The van der Waals surface area contributed by atoms with Gasteiger partial charge in [-0.3, -0.25) is 9.67 Å². The van der Waals surface area contributed by atoms with Crippen LogP contribution in [0.2, 0.25) is 0 Å². The molecule has 2 aromatic rings. The molecule has 8 heteroatoms. The molecule has 0 saturated carbocycles. The summed E-state index contributed by atoms with van der Waals surface area (Å²) < 4.78 is 3.98. The minimum Gasteiger partial charge on any atom is -0.356 e. The van der Waals surface area contributed by atoms with Gasteiger partial charge in [-0.25, -0.2) is 4.98 Å². The molecule has 0 unspecified atom stereocenters. The van der Waals surface area contributed by atoms with E-state index in [2.05, 4.69) is 37.2 Å². The van der Waals surface area contributed by atoms with Crippen molar-refractivity contribution in [1.82, 2.24) is 30.0 Å². The maximum Gasteiger partial charge on any atom is 0.191 e. The molecule has 128 valence electrons. The fourth-order valence-electron chi connectivity index (χ4n) is 2.35. The van der Waals surface area contributed by atoms with Crippen LogP contribution in [0, 0.1) is 13.8 Å². The number of aromatic nitrogens is 4. The van der Waals surface area contributed by atoms with Crippen molar-refractivity contribution in [2.45, 2.75) is 33.4 Å². The lowest BCUT2D eigenvalue weighted by Crippen LogP contribution is -2.37. The van der Waals surface area contributed by atoms with Gasteiger partial charge in [0.15, 0.2) is 5.96 Å². The number of imidazole rings is 1. The minimum absolute atomic E-state index is 0. The third-order valence-corrected chi connectivity index (χ3v) is 3.76. The quantitative estimate of drug-likeness (QED) is 0.316. The molecular formula is C15H26IN7. The number of aliphatic imine (C=N–C) groups is 1. The van der Waals surface area contributed by atoms with Crippen molar-refractivity contribution in [3.8, 4) is 0 Å². The van der Waals surface area contributed by atoms with Crippen LogP contribution in [-0.4, -0.2) is 38.9 Å². The lowest BCUT2D eigenvalue weighted by Gasteiger charge is -2.12. The van der Waals surface area contributed by atoms with Crippen LogP contribution in [0.1, 0.15) is 23.4 Å². The summed E-state index contributed by atoms with van der Waals surface area (Å²) in [6, 6.07) is 0. The maximum absolute atomic E-state index is 4.43. The Kier molecular flexibility index (Phi) is 8.07. The summed E-state index contributed by atoms with van der Waals surface area (Å²) in [6.07, 6.45) is 6.62. The van der Waals surface area contributed by atoms with Gasteiger partial charge in [0.25, 0.3) is 0 Å². The van der Waals surface area contributed by atoms with Crippen LogP contribution in [0.15, 0.2) is 23.7 Å². The normalized spacial score (nSPS) is 11.2. The molecule has 0 aliphatic rings. The molecule has 0 bridgehead atoms. The first-order valence-corrected chi connectivity index (χ1v) is 7.51. The van der Waals surface area contributed by atoms with E-state index < -0.39 is 0 Å². The van der Waals surface area contributed by atoms with Gasteiger partial charge in [-0.05, 0) is 20.3 Å². The third kappa shape index (κ3) is 5.52. The molecule has 0 aliphatic carbocycles. The summed E-state index contributed by atoms with van der Waals surface area (Å²) >= 11 is 0. The second-order valence-corrected chi connectivity index (χ2v) is 5.28. The summed E-state index contributed by atoms with van der Waals surface area (Å²) in [5.74, 6) is 0.813. The molecular weight excluding hydrogens is 405 g/mol. The number of nitrogens with one attached hydrogen (secondary N) is 2. The zero-order valence-electron chi connectivity index (χ0n) is 14.2. The van der Waals surface area contributed by atoms with Crippen LogP contribution in [-0.2, 0) is 20.1 Å². The highest BCUT2D eigenvalue weighted by Crippen LogP contribution is 2.10. The second kappa shape index (κ2) is 9.53. The smallest absolute Gasteiger partial charge is 0.191 e. The number of hydrogen-bond donors (Lipinski definition) is 2. The number of hydrogen-bond acceptors (Lipinski definition) is 3. The first-order chi connectivity index (χ1) is 10.6. The fraction of sp³-hybridized carbons (Fsp3) is 0.533. The van der Waals surface area contributed by atoms with Crippen LogP contribution < -0.4 is 10.6 Å². The molecule has 0 fully saturated rings. The van der Waals surface area contributed by atoms with Crippen LogP contribution >= 0.6 is 24.0 Å². The fourth-order valence-corrected chi connectivity index (χ4v) is 2.35. The van der Waals surface area contributed by atoms with Gasteiger partial charge < -0.3 is 15.2 Å². The highest BCUT2D eigenvalue weighted by molar-refractivity contribution is 14.0. The van der Waals surface area contributed by atoms with E-state index in [0.717, 1.165) is 37.7 Å². The SMILES string of the molecule is CN=C(NCCCn1ccnc1)NCc1c(C)nn(C)c1C.I. The first kappa shape index (κ1) is 19.5. The van der Waals surface area contributed by atoms with E-state index in [-0.39, 0.29) is 24.0 Å². The van der Waals surface area contributed by atoms with E-state index in [9.17, 15) is 0 Å². The molecule has 2 rings (SSSR count). The predicted molar refractivity (Wildman–Crippen MR) is 103 cm³/mol. The Hall–Kier alpha value is -1.58. The Bertz CT molecular complexity index is 616. The molecule has 0 aliphatic heterocycles. The van der Waals surface area contributed by atoms with E-state index in [1.807, 2.05) is 31.2 Å². The van der Waals surface area contributed by atoms with Gasteiger partial charge in [-0.2, -0.15) is 5.10 Å². The van der Waals surface area contributed by atoms with E-state index in [4.69, 9.17) is 0 Å². The molecule has 0 aromatic carbocycles. The third-order valence-electron chi connectivity index (χ3n) is 3.76. The molecule has 0 amide bonds. The number of guanidine groups is 1. The highest BCUT2D eigenvalue weighted by Gasteiger charge is 2.09. The van der Waals surface area contributed by atoms with Crippen molar-refractivity contribution >= 4 is 29.9 Å². The monoisotopic (exact) mass is 431 g/mol. The van der Waals surface area contributed by atoms with Crippen LogP contribution in [0.25, 0.3) is 0 Å². The summed E-state index contributed by atoms with van der Waals surface area (Å²) in [5.41, 5.74) is 3.47. The van der Waals surface area contributed by atoms with E-state index >= 15 is 0 Å². The summed E-state index contributed by atoms with van der Waals surface area (Å²) in [4.78, 5) is 8.28. The van der Waals surface area contributed by atoms with Gasteiger partial charge >= 0.3 is 0 Å². The molecule has 0 radical (unpaired) electrons. The molecule has 2 heterocycles. The van der Waals surface area contributed by atoms with Crippen molar-refractivity contribution in [3.05, 3.63) is 35.7 Å². The Labute approximate surface area is 154 Å². The lowest BCUT2D eigenvalue weighted by molar-refractivity contribution is 0.624. The number of halogens is 1. The summed E-state index contributed by atoms with van der Waals surface area (Å²) in [6.45, 7) is 6.66. The molecule has 0 atom stereocenters. The van der Waals surface area contributed by atoms with Crippen molar-refractivity contribution in [2.24, 2.45) is 12.0 Å². The molecule has 0 saturated heterocycles. The van der Waals surface area contributed by atoms with Crippen LogP contribution in [0.4, 0.5) is 0 Å². The van der Waals surface area contributed by atoms with Gasteiger partial charge in [0, 0.05) is 57.4 Å². The average Bonchev–Trinajstić information content (AvgIpc) is 3.09. The topological polar surface area (TPSA) is 72.1 Å². The molecule has 2 aromatic heterocycles. The summed E-state index contributed by atoms with van der Waals surface area (Å²) in [7, 11) is 3.75. The Morgan fingerprint density at radius 3 is 2.65 bits per heavy atom. The van der Waals surface area contributed by atoms with Crippen LogP contribution in [0.3, 0.4) is 0 Å². The standard InChI is InChI=1S/C15H25N7.HI/c1-12-14(13(2)21(4)20-12)10-19-15(16-3)18-6-5-8-22-9-7-17-11-22;/h7,9,11H,5-6,8,10H2,1-4H3,(H2,16,18,19);1H. The van der Waals surface area contributed by atoms with E-state index in [0.29, 0.717) is 0 Å². The van der Waals surface area contributed by atoms with Gasteiger partial charge in [-0.15, -0.1) is 24.0 Å². The zero-order chi connectivity index (χ0) is 15.9. The Morgan fingerprint density at radius 2 is 2.09 bits per heavy atom. The maximum atomic E-state index is 4.43. The number of nitrogens with zero attached hydrogens (tertiary/aromatic N) is 5.